The SMILES string of the molecule is COc1cc(C)c(CC(=O)Nc2ccc(F)c(Cl)c2)cc1OC. The van der Waals surface area contributed by atoms with Crippen LogP contribution in [0.25, 0.3) is 0 Å². The number of benzene rings is 2. The zero-order valence-electron chi connectivity index (χ0n) is 13.1. The van der Waals surface area contributed by atoms with Gasteiger partial charge in [-0.15, -0.1) is 0 Å². The average molecular weight is 338 g/mol. The van der Waals surface area contributed by atoms with Crippen LogP contribution in [0.15, 0.2) is 30.3 Å². The fraction of sp³-hybridized carbons (Fsp3) is 0.235. The largest absolute Gasteiger partial charge is 0.493 e. The quantitative estimate of drug-likeness (QED) is 0.897. The van der Waals surface area contributed by atoms with Gasteiger partial charge in [0.15, 0.2) is 11.5 Å². The van der Waals surface area contributed by atoms with E-state index >= 15 is 0 Å². The van der Waals surface area contributed by atoms with E-state index in [9.17, 15) is 9.18 Å². The van der Waals surface area contributed by atoms with E-state index in [0.717, 1.165) is 11.1 Å². The van der Waals surface area contributed by atoms with Crippen LogP contribution >= 0.6 is 11.6 Å². The Labute approximate surface area is 139 Å². The minimum Gasteiger partial charge on any atom is -0.493 e. The highest BCUT2D eigenvalue weighted by Gasteiger charge is 2.12. The van der Waals surface area contributed by atoms with Crippen LogP contribution in [0.2, 0.25) is 5.02 Å². The van der Waals surface area contributed by atoms with Crippen LogP contribution in [0, 0.1) is 12.7 Å². The van der Waals surface area contributed by atoms with E-state index in [1.807, 2.05) is 13.0 Å². The summed E-state index contributed by atoms with van der Waals surface area (Å²) in [7, 11) is 3.10. The predicted molar refractivity (Wildman–Crippen MR) is 88.0 cm³/mol. The molecule has 0 saturated carbocycles. The van der Waals surface area contributed by atoms with E-state index in [4.69, 9.17) is 21.1 Å². The molecule has 0 aliphatic heterocycles. The number of carbonyl (C=O) groups is 1. The maximum absolute atomic E-state index is 13.1. The Balaban J connectivity index is 2.15. The second-order valence-corrected chi connectivity index (χ2v) is 5.39. The molecule has 1 N–H and O–H groups in total. The number of hydrogen-bond acceptors (Lipinski definition) is 3. The van der Waals surface area contributed by atoms with E-state index in [-0.39, 0.29) is 17.4 Å². The van der Waals surface area contributed by atoms with Crippen LogP contribution in [0.3, 0.4) is 0 Å². The normalized spacial score (nSPS) is 10.3. The van der Waals surface area contributed by atoms with E-state index in [1.54, 1.807) is 13.2 Å². The minimum atomic E-state index is -0.527. The lowest BCUT2D eigenvalue weighted by molar-refractivity contribution is -0.115. The van der Waals surface area contributed by atoms with E-state index in [2.05, 4.69) is 5.32 Å². The molecule has 0 bridgehead atoms. The summed E-state index contributed by atoms with van der Waals surface area (Å²) in [5.41, 5.74) is 2.17. The lowest BCUT2D eigenvalue weighted by atomic mass is 10.0. The maximum Gasteiger partial charge on any atom is 0.228 e. The number of anilines is 1. The number of amides is 1. The first-order valence-corrected chi connectivity index (χ1v) is 7.28. The van der Waals surface area contributed by atoms with Crippen molar-refractivity contribution in [3.8, 4) is 11.5 Å². The number of hydrogen-bond donors (Lipinski definition) is 1. The molecule has 6 heteroatoms. The van der Waals surface area contributed by atoms with Crippen LogP contribution in [0.5, 0.6) is 11.5 Å². The number of rotatable bonds is 5. The van der Waals surface area contributed by atoms with Crippen molar-refractivity contribution < 1.29 is 18.7 Å². The summed E-state index contributed by atoms with van der Waals surface area (Å²) in [5.74, 6) is 0.411. The lowest BCUT2D eigenvalue weighted by Crippen LogP contribution is -2.15. The third-order valence-corrected chi connectivity index (χ3v) is 3.69. The molecule has 4 nitrogen and oxygen atoms in total. The molecule has 0 radical (unpaired) electrons. The predicted octanol–water partition coefficient (Wildman–Crippen LogP) is 3.99. The number of methoxy groups -OCH3 is 2. The Morgan fingerprint density at radius 1 is 1.17 bits per heavy atom. The summed E-state index contributed by atoms with van der Waals surface area (Å²) in [4.78, 5) is 12.2. The molecule has 0 spiro atoms. The van der Waals surface area contributed by atoms with Crippen LogP contribution in [0.1, 0.15) is 11.1 Å². The summed E-state index contributed by atoms with van der Waals surface area (Å²) < 4.78 is 23.6. The summed E-state index contributed by atoms with van der Waals surface area (Å²) in [6, 6.07) is 7.62. The summed E-state index contributed by atoms with van der Waals surface area (Å²) in [6.07, 6.45) is 0.154. The van der Waals surface area contributed by atoms with Gasteiger partial charge < -0.3 is 14.8 Å². The number of ether oxygens (including phenoxy) is 2. The van der Waals surface area contributed by atoms with E-state index in [0.29, 0.717) is 17.2 Å². The first-order valence-electron chi connectivity index (χ1n) is 6.91. The Morgan fingerprint density at radius 3 is 2.43 bits per heavy atom. The van der Waals surface area contributed by atoms with Gasteiger partial charge in [-0.1, -0.05) is 11.6 Å². The maximum atomic E-state index is 13.1. The van der Waals surface area contributed by atoms with Crippen molar-refractivity contribution in [1.29, 1.82) is 0 Å². The van der Waals surface area contributed by atoms with Crippen molar-refractivity contribution in [2.75, 3.05) is 19.5 Å². The molecule has 23 heavy (non-hydrogen) atoms. The zero-order chi connectivity index (χ0) is 17.0. The Hall–Kier alpha value is -2.27. The molecule has 0 fully saturated rings. The van der Waals surface area contributed by atoms with Crippen molar-refractivity contribution >= 4 is 23.2 Å². The van der Waals surface area contributed by atoms with Crippen molar-refractivity contribution in [3.63, 3.8) is 0 Å². The molecule has 0 aliphatic carbocycles. The molecular weight excluding hydrogens is 321 g/mol. The van der Waals surface area contributed by atoms with Crippen LogP contribution in [-0.4, -0.2) is 20.1 Å². The molecule has 122 valence electrons. The van der Waals surface area contributed by atoms with Gasteiger partial charge in [-0.25, -0.2) is 4.39 Å². The van der Waals surface area contributed by atoms with Crippen molar-refractivity contribution in [1.82, 2.24) is 0 Å². The Morgan fingerprint density at radius 2 is 1.83 bits per heavy atom. The first kappa shape index (κ1) is 17.1. The van der Waals surface area contributed by atoms with Crippen LogP contribution in [-0.2, 0) is 11.2 Å². The first-order chi connectivity index (χ1) is 10.9. The van der Waals surface area contributed by atoms with E-state index in [1.165, 1.54) is 25.3 Å². The molecule has 2 aromatic carbocycles. The van der Waals surface area contributed by atoms with Gasteiger partial charge in [0.1, 0.15) is 5.82 Å². The number of halogens is 2. The molecule has 0 atom stereocenters. The van der Waals surface area contributed by atoms with Crippen molar-refractivity contribution in [3.05, 3.63) is 52.3 Å². The summed E-state index contributed by atoms with van der Waals surface area (Å²) in [5, 5.41) is 2.65. The van der Waals surface area contributed by atoms with Gasteiger partial charge in [0.25, 0.3) is 0 Å². The number of nitrogens with one attached hydrogen (secondary N) is 1. The fourth-order valence-corrected chi connectivity index (χ4v) is 2.35. The van der Waals surface area contributed by atoms with Crippen molar-refractivity contribution in [2.24, 2.45) is 0 Å². The zero-order valence-corrected chi connectivity index (χ0v) is 13.8. The highest BCUT2D eigenvalue weighted by molar-refractivity contribution is 6.31. The molecule has 0 unspecified atom stereocenters. The topological polar surface area (TPSA) is 47.6 Å². The minimum absolute atomic E-state index is 0.0369. The second-order valence-electron chi connectivity index (χ2n) is 4.99. The van der Waals surface area contributed by atoms with Gasteiger partial charge in [0.2, 0.25) is 5.91 Å². The lowest BCUT2D eigenvalue weighted by Gasteiger charge is -2.13. The highest BCUT2D eigenvalue weighted by atomic mass is 35.5. The Kier molecular flexibility index (Phi) is 5.45. The third kappa shape index (κ3) is 4.13. The Bertz CT molecular complexity index is 734. The summed E-state index contributed by atoms with van der Waals surface area (Å²) in [6.45, 7) is 1.89. The number of carbonyl (C=O) groups excluding carboxylic acids is 1. The molecule has 0 heterocycles. The standard InChI is InChI=1S/C17H17ClFNO3/c1-10-6-15(22-2)16(23-3)7-11(10)8-17(21)20-12-4-5-14(19)13(18)9-12/h4-7,9H,8H2,1-3H3,(H,20,21). The molecule has 0 aliphatic rings. The molecular formula is C17H17ClFNO3. The molecule has 1 amide bonds. The average Bonchev–Trinajstić information content (AvgIpc) is 2.52. The smallest absolute Gasteiger partial charge is 0.228 e. The van der Waals surface area contributed by atoms with Crippen molar-refractivity contribution in [2.45, 2.75) is 13.3 Å². The van der Waals surface area contributed by atoms with Gasteiger partial charge in [-0.2, -0.15) is 0 Å². The molecule has 2 rings (SSSR count). The van der Waals surface area contributed by atoms with E-state index < -0.39 is 5.82 Å². The number of aryl methyl sites for hydroxylation is 1. The van der Waals surface area contributed by atoms with Crippen LogP contribution in [0.4, 0.5) is 10.1 Å². The van der Waals surface area contributed by atoms with Gasteiger partial charge in [0, 0.05) is 5.69 Å². The van der Waals surface area contributed by atoms with Crippen LogP contribution < -0.4 is 14.8 Å². The fourth-order valence-electron chi connectivity index (χ4n) is 2.17. The molecule has 0 saturated heterocycles. The van der Waals surface area contributed by atoms with Gasteiger partial charge in [-0.05, 0) is 48.4 Å². The second kappa shape index (κ2) is 7.33. The third-order valence-electron chi connectivity index (χ3n) is 3.40. The molecule has 2 aromatic rings. The summed E-state index contributed by atoms with van der Waals surface area (Å²) >= 11 is 5.70. The van der Waals surface area contributed by atoms with Gasteiger partial charge in [0.05, 0.1) is 25.7 Å². The van der Waals surface area contributed by atoms with Gasteiger partial charge in [-0.3, -0.25) is 4.79 Å². The van der Waals surface area contributed by atoms with Gasteiger partial charge >= 0.3 is 0 Å². The monoisotopic (exact) mass is 337 g/mol. The molecule has 0 aromatic heterocycles. The highest BCUT2D eigenvalue weighted by Crippen LogP contribution is 2.30.